The normalized spacial score (nSPS) is 10.4. The van der Waals surface area contributed by atoms with Gasteiger partial charge in [0.1, 0.15) is 5.69 Å². The van der Waals surface area contributed by atoms with Crippen molar-refractivity contribution in [3.8, 4) is 0 Å². The van der Waals surface area contributed by atoms with E-state index in [1.165, 1.54) is 31.1 Å². The minimum absolute atomic E-state index is 0.0991. The maximum Gasteiger partial charge on any atom is 0.292 e. The molecule has 0 aromatic heterocycles. The van der Waals surface area contributed by atoms with Crippen LogP contribution in [0, 0.1) is 10.1 Å². The summed E-state index contributed by atoms with van der Waals surface area (Å²) in [6.45, 7) is -0.722. The summed E-state index contributed by atoms with van der Waals surface area (Å²) in [5, 5.41) is 13.0. The van der Waals surface area contributed by atoms with Crippen molar-refractivity contribution in [2.24, 2.45) is 0 Å². The molecule has 1 aromatic rings. The van der Waals surface area contributed by atoms with Gasteiger partial charge in [0.2, 0.25) is 0 Å². The van der Waals surface area contributed by atoms with Crippen molar-refractivity contribution in [3.05, 3.63) is 33.9 Å². The highest BCUT2D eigenvalue weighted by atomic mass is 19.3. The molecule has 0 unspecified atom stereocenters. The first-order valence-corrected chi connectivity index (χ1v) is 5.35. The Labute approximate surface area is 108 Å². The highest BCUT2D eigenvalue weighted by Crippen LogP contribution is 2.26. The van der Waals surface area contributed by atoms with Crippen molar-refractivity contribution in [1.82, 2.24) is 4.90 Å². The molecule has 104 valence electrons. The number of carbonyl (C=O) groups is 1. The second-order valence-corrected chi connectivity index (χ2v) is 3.96. The van der Waals surface area contributed by atoms with Gasteiger partial charge in [-0.15, -0.1) is 0 Å². The van der Waals surface area contributed by atoms with Gasteiger partial charge >= 0.3 is 0 Å². The van der Waals surface area contributed by atoms with Gasteiger partial charge in [0, 0.05) is 25.7 Å². The van der Waals surface area contributed by atoms with E-state index >= 15 is 0 Å². The van der Waals surface area contributed by atoms with Crippen LogP contribution in [0.1, 0.15) is 10.4 Å². The van der Waals surface area contributed by atoms with Gasteiger partial charge in [0.05, 0.1) is 11.5 Å². The number of rotatable bonds is 5. The van der Waals surface area contributed by atoms with Crippen LogP contribution in [-0.4, -0.2) is 42.8 Å². The summed E-state index contributed by atoms with van der Waals surface area (Å²) in [5.41, 5.74) is -0.263. The van der Waals surface area contributed by atoms with Crippen molar-refractivity contribution in [3.63, 3.8) is 0 Å². The third-order valence-corrected chi connectivity index (χ3v) is 2.29. The lowest BCUT2D eigenvalue weighted by molar-refractivity contribution is -0.384. The van der Waals surface area contributed by atoms with E-state index < -0.39 is 17.9 Å². The Hall–Kier alpha value is -2.25. The Balaban J connectivity index is 3.10. The smallest absolute Gasteiger partial charge is 0.292 e. The number of halogens is 2. The van der Waals surface area contributed by atoms with Crippen LogP contribution in [0.3, 0.4) is 0 Å². The molecule has 0 atom stereocenters. The zero-order chi connectivity index (χ0) is 14.6. The highest BCUT2D eigenvalue weighted by molar-refractivity contribution is 5.95. The van der Waals surface area contributed by atoms with Crippen molar-refractivity contribution in [2.45, 2.75) is 6.43 Å². The fourth-order valence-electron chi connectivity index (χ4n) is 1.42. The minimum Gasteiger partial charge on any atom is -0.374 e. The van der Waals surface area contributed by atoms with Gasteiger partial charge in [-0.25, -0.2) is 8.78 Å². The number of nitro benzene ring substituents is 1. The zero-order valence-corrected chi connectivity index (χ0v) is 10.4. The maximum absolute atomic E-state index is 12.1. The van der Waals surface area contributed by atoms with Gasteiger partial charge < -0.3 is 10.2 Å². The number of anilines is 1. The predicted molar refractivity (Wildman–Crippen MR) is 65.6 cm³/mol. The largest absolute Gasteiger partial charge is 0.374 e. The van der Waals surface area contributed by atoms with E-state index in [0.29, 0.717) is 0 Å². The number of amides is 1. The molecule has 0 aliphatic heterocycles. The monoisotopic (exact) mass is 273 g/mol. The van der Waals surface area contributed by atoms with Crippen molar-refractivity contribution >= 4 is 17.3 Å². The SMILES string of the molecule is CN(C)C(=O)c1ccc([N+](=O)[O-])c(NCC(F)F)c1. The topological polar surface area (TPSA) is 75.5 Å². The molecule has 0 aliphatic carbocycles. The molecule has 0 aliphatic rings. The van der Waals surface area contributed by atoms with Gasteiger partial charge in [0.25, 0.3) is 18.0 Å². The van der Waals surface area contributed by atoms with Gasteiger partial charge in [-0.3, -0.25) is 14.9 Å². The quantitative estimate of drug-likeness (QED) is 0.657. The molecule has 0 saturated carbocycles. The highest BCUT2D eigenvalue weighted by Gasteiger charge is 2.18. The number of nitrogens with one attached hydrogen (secondary N) is 1. The Kier molecular flexibility index (Phi) is 4.74. The molecule has 6 nitrogen and oxygen atoms in total. The van der Waals surface area contributed by atoms with E-state index in [0.717, 1.165) is 6.07 Å². The standard InChI is InChI=1S/C11H13F2N3O3/c1-15(2)11(17)7-3-4-9(16(18)19)8(5-7)14-6-10(12)13/h3-5,10,14H,6H2,1-2H3. The van der Waals surface area contributed by atoms with Crippen molar-refractivity contribution in [1.29, 1.82) is 0 Å². The lowest BCUT2D eigenvalue weighted by Crippen LogP contribution is -2.22. The number of benzene rings is 1. The summed E-state index contributed by atoms with van der Waals surface area (Å²) in [6.07, 6.45) is -2.65. The summed E-state index contributed by atoms with van der Waals surface area (Å²) in [4.78, 5) is 23.1. The zero-order valence-electron chi connectivity index (χ0n) is 10.4. The number of nitro groups is 1. The second kappa shape index (κ2) is 6.07. The molecule has 1 N–H and O–H groups in total. The predicted octanol–water partition coefficient (Wildman–Crippen LogP) is 1.97. The van der Waals surface area contributed by atoms with E-state index in [1.807, 2.05) is 0 Å². The van der Waals surface area contributed by atoms with Crippen LogP contribution in [0.2, 0.25) is 0 Å². The molecule has 19 heavy (non-hydrogen) atoms. The van der Waals surface area contributed by atoms with E-state index in [4.69, 9.17) is 0 Å². The third kappa shape index (κ3) is 3.87. The number of nitrogens with zero attached hydrogens (tertiary/aromatic N) is 2. The van der Waals surface area contributed by atoms with Gasteiger partial charge in [-0.2, -0.15) is 0 Å². The number of carbonyl (C=O) groups excluding carboxylic acids is 1. The maximum atomic E-state index is 12.1. The second-order valence-electron chi connectivity index (χ2n) is 3.96. The summed E-state index contributed by atoms with van der Waals surface area (Å²) in [5.74, 6) is -0.366. The van der Waals surface area contributed by atoms with Crippen LogP contribution < -0.4 is 5.32 Å². The molecule has 0 bridgehead atoms. The van der Waals surface area contributed by atoms with Gasteiger partial charge in [-0.1, -0.05) is 0 Å². The number of hydrogen-bond donors (Lipinski definition) is 1. The minimum atomic E-state index is -2.65. The molecule has 1 aromatic carbocycles. The summed E-state index contributed by atoms with van der Waals surface area (Å²) >= 11 is 0. The Morgan fingerprint density at radius 2 is 2.11 bits per heavy atom. The van der Waals surface area contributed by atoms with E-state index in [-0.39, 0.29) is 22.8 Å². The van der Waals surface area contributed by atoms with E-state index in [9.17, 15) is 23.7 Å². The molecular weight excluding hydrogens is 260 g/mol. The number of hydrogen-bond acceptors (Lipinski definition) is 4. The lowest BCUT2D eigenvalue weighted by Gasteiger charge is -2.12. The summed E-state index contributed by atoms with van der Waals surface area (Å²) in [7, 11) is 3.05. The fraction of sp³-hybridized carbons (Fsp3) is 0.364. The first-order valence-electron chi connectivity index (χ1n) is 5.35. The number of alkyl halides is 2. The van der Waals surface area contributed by atoms with Gasteiger partial charge in [-0.05, 0) is 12.1 Å². The first kappa shape index (κ1) is 14.8. The molecule has 0 saturated heterocycles. The van der Waals surface area contributed by atoms with E-state index in [2.05, 4.69) is 5.32 Å². The Morgan fingerprint density at radius 1 is 1.47 bits per heavy atom. The van der Waals surface area contributed by atoms with Crippen LogP contribution in [0.15, 0.2) is 18.2 Å². The average Bonchev–Trinajstić information content (AvgIpc) is 2.34. The van der Waals surface area contributed by atoms with Crippen LogP contribution in [-0.2, 0) is 0 Å². The molecule has 0 heterocycles. The molecule has 0 fully saturated rings. The van der Waals surface area contributed by atoms with Crippen LogP contribution in [0.4, 0.5) is 20.2 Å². The average molecular weight is 273 g/mol. The lowest BCUT2D eigenvalue weighted by atomic mass is 10.1. The summed E-state index contributed by atoms with van der Waals surface area (Å²) < 4.78 is 24.3. The first-order chi connectivity index (χ1) is 8.82. The van der Waals surface area contributed by atoms with E-state index in [1.54, 1.807) is 0 Å². The Morgan fingerprint density at radius 3 is 2.58 bits per heavy atom. The van der Waals surface area contributed by atoms with Crippen LogP contribution >= 0.6 is 0 Å². The molecular formula is C11H13F2N3O3. The van der Waals surface area contributed by atoms with Crippen molar-refractivity contribution < 1.29 is 18.5 Å². The fourth-order valence-corrected chi connectivity index (χ4v) is 1.42. The van der Waals surface area contributed by atoms with Crippen LogP contribution in [0.25, 0.3) is 0 Å². The molecule has 1 amide bonds. The van der Waals surface area contributed by atoms with Crippen LogP contribution in [0.5, 0.6) is 0 Å². The molecule has 1 rings (SSSR count). The third-order valence-electron chi connectivity index (χ3n) is 2.29. The summed E-state index contributed by atoms with van der Waals surface area (Å²) in [6, 6.07) is 3.60. The molecule has 8 heteroatoms. The molecule has 0 spiro atoms. The molecule has 0 radical (unpaired) electrons. The Bertz CT molecular complexity index is 492. The van der Waals surface area contributed by atoms with Crippen molar-refractivity contribution in [2.75, 3.05) is 26.0 Å². The van der Waals surface area contributed by atoms with Gasteiger partial charge in [0.15, 0.2) is 0 Å².